The van der Waals surface area contributed by atoms with Gasteiger partial charge in [0.15, 0.2) is 11.6 Å². The highest BCUT2D eigenvalue weighted by Gasteiger charge is 2.51. The Bertz CT molecular complexity index is 1190. The van der Waals surface area contributed by atoms with Crippen molar-refractivity contribution in [3.8, 4) is 22.3 Å². The number of halogens is 6. The molecule has 0 radical (unpaired) electrons. The molecule has 0 N–H and O–H groups in total. The van der Waals surface area contributed by atoms with Crippen molar-refractivity contribution in [3.05, 3.63) is 83.7 Å². The Morgan fingerprint density at radius 1 is 0.889 bits per heavy atom. The van der Waals surface area contributed by atoms with E-state index >= 15 is 13.2 Å². The SMILES string of the molecule is CCC1(OC(F)(F)F)CCCCC1C(C)c1c(F)cc(-c2ccc(-c3ccccc3)cc2)c(F)c1F. The normalized spacial score (nSPS) is 21.4. The molecule has 3 unspecified atom stereocenters. The van der Waals surface area contributed by atoms with E-state index in [0.717, 1.165) is 17.2 Å². The summed E-state index contributed by atoms with van der Waals surface area (Å²) in [5, 5.41) is 0. The topological polar surface area (TPSA) is 9.23 Å². The number of benzene rings is 3. The number of ether oxygens (including phenoxy) is 1. The zero-order valence-electron chi connectivity index (χ0n) is 20.1. The van der Waals surface area contributed by atoms with Crippen LogP contribution < -0.4 is 0 Å². The maximum absolute atomic E-state index is 15.4. The van der Waals surface area contributed by atoms with Crippen molar-refractivity contribution in [2.24, 2.45) is 5.92 Å². The molecular formula is C29H28F6O. The Morgan fingerprint density at radius 3 is 2.11 bits per heavy atom. The van der Waals surface area contributed by atoms with Gasteiger partial charge in [0.2, 0.25) is 0 Å². The minimum absolute atomic E-state index is 0.0269. The highest BCUT2D eigenvalue weighted by Crippen LogP contribution is 2.50. The fourth-order valence-corrected chi connectivity index (χ4v) is 5.72. The molecule has 0 amide bonds. The third-order valence-corrected chi connectivity index (χ3v) is 7.51. The molecule has 0 aliphatic heterocycles. The van der Waals surface area contributed by atoms with Crippen LogP contribution >= 0.6 is 0 Å². The van der Waals surface area contributed by atoms with Crippen LogP contribution in [0.1, 0.15) is 57.4 Å². The first-order valence-electron chi connectivity index (χ1n) is 12.2. The molecule has 0 aromatic heterocycles. The van der Waals surface area contributed by atoms with E-state index in [9.17, 15) is 13.2 Å². The van der Waals surface area contributed by atoms with Gasteiger partial charge in [-0.3, -0.25) is 4.74 Å². The molecule has 192 valence electrons. The molecule has 1 aliphatic rings. The van der Waals surface area contributed by atoms with Gasteiger partial charge in [-0.2, -0.15) is 0 Å². The van der Waals surface area contributed by atoms with Crippen molar-refractivity contribution < 1.29 is 31.1 Å². The van der Waals surface area contributed by atoms with Crippen molar-refractivity contribution in [1.82, 2.24) is 0 Å². The van der Waals surface area contributed by atoms with Crippen molar-refractivity contribution in [2.75, 3.05) is 0 Å². The van der Waals surface area contributed by atoms with E-state index in [4.69, 9.17) is 0 Å². The molecule has 1 saturated carbocycles. The predicted molar refractivity (Wildman–Crippen MR) is 128 cm³/mol. The summed E-state index contributed by atoms with van der Waals surface area (Å²) in [6, 6.07) is 17.1. The van der Waals surface area contributed by atoms with E-state index in [1.165, 1.54) is 6.92 Å². The monoisotopic (exact) mass is 506 g/mol. The lowest BCUT2D eigenvalue weighted by Gasteiger charge is -2.46. The maximum Gasteiger partial charge on any atom is 0.523 e. The Labute approximate surface area is 207 Å². The van der Waals surface area contributed by atoms with Gasteiger partial charge < -0.3 is 0 Å². The lowest BCUT2D eigenvalue weighted by Crippen LogP contribution is -2.48. The molecular weight excluding hydrogens is 478 g/mol. The van der Waals surface area contributed by atoms with Gasteiger partial charge in [0, 0.05) is 11.1 Å². The molecule has 1 aliphatic carbocycles. The molecule has 3 aromatic rings. The zero-order chi connectivity index (χ0) is 26.1. The summed E-state index contributed by atoms with van der Waals surface area (Å²) in [5.41, 5.74) is -0.282. The highest BCUT2D eigenvalue weighted by atomic mass is 19.4. The Balaban J connectivity index is 1.69. The van der Waals surface area contributed by atoms with E-state index in [-0.39, 0.29) is 18.4 Å². The maximum atomic E-state index is 15.4. The van der Waals surface area contributed by atoms with Crippen LogP contribution in [-0.4, -0.2) is 12.0 Å². The van der Waals surface area contributed by atoms with Gasteiger partial charge in [0.25, 0.3) is 0 Å². The molecule has 1 nitrogen and oxygen atoms in total. The summed E-state index contributed by atoms with van der Waals surface area (Å²) >= 11 is 0. The highest BCUT2D eigenvalue weighted by molar-refractivity contribution is 5.71. The largest absolute Gasteiger partial charge is 0.523 e. The van der Waals surface area contributed by atoms with E-state index < -0.39 is 46.8 Å². The van der Waals surface area contributed by atoms with E-state index in [2.05, 4.69) is 4.74 Å². The average molecular weight is 507 g/mol. The second kappa shape index (κ2) is 10.3. The van der Waals surface area contributed by atoms with E-state index in [0.29, 0.717) is 24.8 Å². The number of rotatable bonds is 6. The first-order chi connectivity index (χ1) is 17.1. The second-order valence-corrected chi connectivity index (χ2v) is 9.50. The van der Waals surface area contributed by atoms with E-state index in [1.807, 2.05) is 30.3 Å². The fraction of sp³-hybridized carbons (Fsp3) is 0.379. The van der Waals surface area contributed by atoms with Crippen LogP contribution in [0.25, 0.3) is 22.3 Å². The Hall–Kier alpha value is -2.80. The third-order valence-electron chi connectivity index (χ3n) is 7.51. The van der Waals surface area contributed by atoms with Gasteiger partial charge in [-0.15, -0.1) is 13.2 Å². The lowest BCUT2D eigenvalue weighted by atomic mass is 9.66. The van der Waals surface area contributed by atoms with Gasteiger partial charge in [0.1, 0.15) is 5.82 Å². The first-order valence-corrected chi connectivity index (χ1v) is 12.2. The van der Waals surface area contributed by atoms with Gasteiger partial charge in [0.05, 0.1) is 5.60 Å². The molecule has 0 spiro atoms. The standard InChI is InChI=1S/C29H28F6O/c1-3-28(36-29(33,34)35)16-8-7-11-23(28)18(2)25-24(30)17-22(26(31)27(25)32)21-14-12-20(13-15-21)19-9-5-4-6-10-19/h4-6,9-10,12-15,17-18,23H,3,7-8,11,16H2,1-2H3. The summed E-state index contributed by atoms with van der Waals surface area (Å²) < 4.78 is 90.4. The van der Waals surface area contributed by atoms with Crippen LogP contribution in [0, 0.1) is 23.4 Å². The van der Waals surface area contributed by atoms with Crippen LogP contribution in [0.3, 0.4) is 0 Å². The van der Waals surface area contributed by atoms with Crippen molar-refractivity contribution in [1.29, 1.82) is 0 Å². The molecule has 7 heteroatoms. The van der Waals surface area contributed by atoms with Gasteiger partial charge in [-0.05, 0) is 53.9 Å². The molecule has 0 heterocycles. The summed E-state index contributed by atoms with van der Waals surface area (Å²) in [7, 11) is 0. The molecule has 3 atom stereocenters. The van der Waals surface area contributed by atoms with Crippen LogP contribution in [0.15, 0.2) is 60.7 Å². The van der Waals surface area contributed by atoms with Crippen molar-refractivity contribution >= 4 is 0 Å². The minimum Gasteiger partial charge on any atom is -0.285 e. The van der Waals surface area contributed by atoms with Crippen LogP contribution in [0.4, 0.5) is 26.3 Å². The number of hydrogen-bond donors (Lipinski definition) is 0. The number of hydrogen-bond acceptors (Lipinski definition) is 1. The van der Waals surface area contributed by atoms with Gasteiger partial charge in [-0.25, -0.2) is 13.2 Å². The van der Waals surface area contributed by atoms with Crippen LogP contribution in [0.2, 0.25) is 0 Å². The first kappa shape index (κ1) is 26.3. The zero-order valence-corrected chi connectivity index (χ0v) is 20.1. The summed E-state index contributed by atoms with van der Waals surface area (Å²) in [5.74, 6) is -5.41. The van der Waals surface area contributed by atoms with Crippen molar-refractivity contribution in [2.45, 2.75) is 63.8 Å². The predicted octanol–water partition coefficient (Wildman–Crippen LogP) is 9.42. The molecule has 36 heavy (non-hydrogen) atoms. The van der Waals surface area contributed by atoms with Crippen molar-refractivity contribution in [3.63, 3.8) is 0 Å². The van der Waals surface area contributed by atoms with Crippen LogP contribution in [0.5, 0.6) is 0 Å². The summed E-state index contributed by atoms with van der Waals surface area (Å²) in [6.07, 6.45) is -3.31. The third kappa shape index (κ3) is 5.17. The molecule has 0 saturated heterocycles. The Morgan fingerprint density at radius 2 is 1.50 bits per heavy atom. The second-order valence-electron chi connectivity index (χ2n) is 9.50. The van der Waals surface area contributed by atoms with Gasteiger partial charge in [-0.1, -0.05) is 81.3 Å². The minimum atomic E-state index is -4.89. The van der Waals surface area contributed by atoms with Crippen LogP contribution in [-0.2, 0) is 4.74 Å². The Kier molecular flexibility index (Phi) is 7.51. The molecule has 4 rings (SSSR count). The smallest absolute Gasteiger partial charge is 0.285 e. The average Bonchev–Trinajstić information content (AvgIpc) is 2.86. The quantitative estimate of drug-likeness (QED) is 0.239. The summed E-state index contributed by atoms with van der Waals surface area (Å²) in [6.45, 7) is 3.03. The van der Waals surface area contributed by atoms with Gasteiger partial charge >= 0.3 is 6.36 Å². The lowest BCUT2D eigenvalue weighted by molar-refractivity contribution is -0.380. The molecule has 3 aromatic carbocycles. The fourth-order valence-electron chi connectivity index (χ4n) is 5.72. The molecule has 1 fully saturated rings. The number of alkyl halides is 3. The summed E-state index contributed by atoms with van der Waals surface area (Å²) in [4.78, 5) is 0. The van der Waals surface area contributed by atoms with E-state index in [1.54, 1.807) is 31.2 Å². The molecule has 0 bridgehead atoms.